The number of para-hydroxylation sites is 3. The number of thioether (sulfide) groups is 4. The molecule has 3 aliphatic heterocycles. The van der Waals surface area contributed by atoms with Crippen LogP contribution in [-0.4, -0.2) is 192 Å². The Labute approximate surface area is 819 Å². The van der Waals surface area contributed by atoms with Crippen molar-refractivity contribution >= 4 is 122 Å². The molecule has 0 spiro atoms. The quantitative estimate of drug-likeness (QED) is 0.0263. The van der Waals surface area contributed by atoms with Gasteiger partial charge in [0.1, 0.15) is 11.5 Å². The van der Waals surface area contributed by atoms with Gasteiger partial charge in [0.05, 0.1) is 50.2 Å². The van der Waals surface area contributed by atoms with Gasteiger partial charge in [0.2, 0.25) is 30.1 Å². The summed E-state index contributed by atoms with van der Waals surface area (Å²) in [6.45, 7) is 6.84. The fourth-order valence-electron chi connectivity index (χ4n) is 15.6. The van der Waals surface area contributed by atoms with Gasteiger partial charge in [-0.2, -0.15) is 12.9 Å². The number of aromatic carboxylic acids is 4. The van der Waals surface area contributed by atoms with Gasteiger partial charge in [-0.05, 0) is 179 Å². The predicted octanol–water partition coefficient (Wildman–Crippen LogP) is 19.6. The second kappa shape index (κ2) is 50.5. The summed E-state index contributed by atoms with van der Waals surface area (Å²) in [7, 11) is -14.6. The zero-order chi connectivity index (χ0) is 96.6. The number of carboxylic acid groups (broad SMARTS) is 4. The first-order valence-electron chi connectivity index (χ1n) is 44.6. The molecule has 23 nitrogen and oxygen atoms in total. The Morgan fingerprint density at radius 1 is 0.277 bits per heavy atom. The average molecular weight is 1990 g/mol. The van der Waals surface area contributed by atoms with E-state index in [0.717, 1.165) is 79.6 Å². The molecule has 31 heteroatoms. The van der Waals surface area contributed by atoms with E-state index in [1.165, 1.54) is 59.1 Å². The SMILES string of the molecule is O=C(O)c1cc(SCCc2ccccc2)ccc1CS(=O)(=O)N1CCN(Cc2ccccc2)CC1.O=C(O)c1cc(SCCc2ccccc2)ccc1CS(=O)(=O)N1CCN(c2ccccc2)CC1.O=C(O)c1cc(SCCc2ccccc2)ccc1CS(=O)(=O)c1ccc(Oc2ccccc2)cc1.O=C(O)c1cc(SCc2ccccc2)ccc1CS(=O)(=O)N1CCN(c2ccccc2)CC1. The lowest BCUT2D eigenvalue weighted by atomic mass is 10.1. The summed E-state index contributed by atoms with van der Waals surface area (Å²) in [4.78, 5) is 57.5. The number of hydrogen-bond acceptors (Lipinski definition) is 20. The topological polar surface area (TPSA) is 314 Å². The number of hydrogen-bond donors (Lipinski definition) is 4. The number of carbonyl (C=O) groups is 4. The molecule has 0 aromatic heterocycles. The molecule has 13 aromatic rings. The summed E-state index contributed by atoms with van der Waals surface area (Å²) >= 11 is 6.22. The molecule has 0 amide bonds. The summed E-state index contributed by atoms with van der Waals surface area (Å²) in [5.41, 5.74) is 9.54. The fraction of sp³-hybridized carbons (Fsp3) is 0.226. The predicted molar refractivity (Wildman–Crippen MR) is 548 cm³/mol. The van der Waals surface area contributed by atoms with Gasteiger partial charge in [-0.25, -0.2) is 52.8 Å². The molecule has 3 aliphatic rings. The molecule has 0 unspecified atom stereocenters. The molecule has 4 N–H and O–H groups in total. The van der Waals surface area contributed by atoms with E-state index in [4.69, 9.17) is 4.74 Å². The van der Waals surface area contributed by atoms with Crippen molar-refractivity contribution in [3.8, 4) is 11.5 Å². The summed E-state index contributed by atoms with van der Waals surface area (Å²) < 4.78 is 115. The molecule has 137 heavy (non-hydrogen) atoms. The Balaban J connectivity index is 0.000000154. The minimum Gasteiger partial charge on any atom is -0.478 e. The van der Waals surface area contributed by atoms with Crippen LogP contribution in [0.3, 0.4) is 0 Å². The first-order chi connectivity index (χ1) is 66.1. The number of sulfone groups is 1. The number of rotatable bonds is 37. The molecule has 16 rings (SSSR count). The van der Waals surface area contributed by atoms with Crippen molar-refractivity contribution < 1.29 is 78.0 Å². The highest BCUT2D eigenvalue weighted by Crippen LogP contribution is 2.34. The number of aryl methyl sites for hydroxylation is 3. The Kier molecular flexibility index (Phi) is 37.8. The maximum atomic E-state index is 13.1. The number of piperazine rings is 3. The van der Waals surface area contributed by atoms with Crippen LogP contribution in [0, 0.1) is 0 Å². The van der Waals surface area contributed by atoms with Crippen LogP contribution >= 0.6 is 47.0 Å². The van der Waals surface area contributed by atoms with E-state index in [-0.39, 0.29) is 50.0 Å². The molecule has 3 heterocycles. The minimum absolute atomic E-state index is 0.00215. The van der Waals surface area contributed by atoms with E-state index < -0.39 is 69.5 Å². The Morgan fingerprint density at radius 2 is 0.547 bits per heavy atom. The van der Waals surface area contributed by atoms with Crippen molar-refractivity contribution in [1.82, 2.24) is 17.8 Å². The molecule has 0 atom stereocenters. The molecule has 0 saturated carbocycles. The maximum Gasteiger partial charge on any atom is 0.336 e. The third kappa shape index (κ3) is 31.3. The van der Waals surface area contributed by atoms with Gasteiger partial charge >= 0.3 is 23.9 Å². The molecular weight excluding hydrogens is 1890 g/mol. The van der Waals surface area contributed by atoms with Crippen LogP contribution in [-0.2, 0) is 94.5 Å². The fourth-order valence-corrected chi connectivity index (χ4v) is 25.4. The van der Waals surface area contributed by atoms with E-state index in [1.54, 1.807) is 108 Å². The highest BCUT2D eigenvalue weighted by Gasteiger charge is 2.33. The van der Waals surface area contributed by atoms with Gasteiger partial charge in [0.15, 0.2) is 9.84 Å². The first kappa shape index (κ1) is 103. The van der Waals surface area contributed by atoms with Crippen LogP contribution in [0.25, 0.3) is 0 Å². The summed E-state index contributed by atoms with van der Waals surface area (Å²) in [6, 6.07) is 106. The van der Waals surface area contributed by atoms with Crippen molar-refractivity contribution in [3.63, 3.8) is 0 Å². The zero-order valence-electron chi connectivity index (χ0n) is 75.3. The van der Waals surface area contributed by atoms with E-state index >= 15 is 0 Å². The molecule has 0 bridgehead atoms. The van der Waals surface area contributed by atoms with Crippen molar-refractivity contribution in [2.75, 3.05) is 106 Å². The van der Waals surface area contributed by atoms with E-state index in [1.807, 2.05) is 206 Å². The van der Waals surface area contributed by atoms with Crippen molar-refractivity contribution in [2.24, 2.45) is 0 Å². The standard InChI is InChI=1S/C28H24O5S2.C27H30N2O4S2.C26H28N2O4S2.C25H26N2O4S2/c29-28(30)27-19-25(34-18-17-21-7-3-1-4-8-21)14-11-22(27)20-35(31,32)26-15-12-24(13-16-26)33-23-9-5-2-6-10-23;30-27(31)26-19-25(34-18-13-22-7-3-1-4-8-22)12-11-24(26)21-35(32,33)29-16-14-28(15-17-29)20-23-9-5-2-6-10-23;29-26(30)25-19-24(33-18-13-21-7-3-1-4-8-21)12-11-22(25)20-34(31,32)28-16-14-27(15-17-28)23-9-5-2-6-10-23;28-25(29)24-17-23(32-18-20-7-3-1-4-8-20)12-11-21(24)19-33(30,31)27-15-13-26(14-16-27)22-9-5-2-6-10-22/h1-16,19H,17-18,20H2,(H,29,30);1-12,19H,13-18,20-21H2,(H,30,31);1-12,19H,13-18,20H2,(H,29,30);1-12,17H,13-16,18-19H2,(H,28,29). The molecule has 3 fully saturated rings. The molecule has 0 radical (unpaired) electrons. The Morgan fingerprint density at radius 3 is 0.869 bits per heavy atom. The van der Waals surface area contributed by atoms with E-state index in [0.29, 0.717) is 112 Å². The van der Waals surface area contributed by atoms with Crippen molar-refractivity contribution in [2.45, 2.75) is 79.0 Å². The lowest BCUT2D eigenvalue weighted by Gasteiger charge is -2.35. The van der Waals surface area contributed by atoms with Gasteiger partial charge in [-0.15, -0.1) is 47.0 Å². The van der Waals surface area contributed by atoms with Gasteiger partial charge in [-0.1, -0.05) is 231 Å². The van der Waals surface area contributed by atoms with Crippen LogP contribution in [0.4, 0.5) is 11.4 Å². The van der Waals surface area contributed by atoms with Crippen LogP contribution in [0.15, 0.2) is 364 Å². The highest BCUT2D eigenvalue weighted by atomic mass is 32.2. The van der Waals surface area contributed by atoms with Crippen molar-refractivity contribution in [3.05, 3.63) is 412 Å². The monoisotopic (exact) mass is 1990 g/mol. The third-order valence-corrected chi connectivity index (χ3v) is 34.2. The number of carboxylic acids is 4. The van der Waals surface area contributed by atoms with Crippen LogP contribution in [0.1, 0.15) is 91.5 Å². The van der Waals surface area contributed by atoms with Crippen LogP contribution < -0.4 is 14.5 Å². The number of ether oxygens (including phenoxy) is 1. The van der Waals surface area contributed by atoms with Gasteiger partial charge in [-0.3, -0.25) is 4.90 Å². The smallest absolute Gasteiger partial charge is 0.336 e. The van der Waals surface area contributed by atoms with Crippen molar-refractivity contribution in [1.29, 1.82) is 0 Å². The second-order valence-electron chi connectivity index (χ2n) is 32.5. The van der Waals surface area contributed by atoms with E-state index in [9.17, 15) is 73.3 Å². The van der Waals surface area contributed by atoms with E-state index in [2.05, 4.69) is 63.2 Å². The largest absolute Gasteiger partial charge is 0.478 e. The highest BCUT2D eigenvalue weighted by molar-refractivity contribution is 8.00. The van der Waals surface area contributed by atoms with Crippen LogP contribution in [0.5, 0.6) is 11.5 Å². The lowest BCUT2D eigenvalue weighted by Crippen LogP contribution is -2.49. The number of anilines is 2. The molecule has 712 valence electrons. The lowest BCUT2D eigenvalue weighted by molar-refractivity contribution is 0.0684. The molecule has 13 aromatic carbocycles. The zero-order valence-corrected chi connectivity index (χ0v) is 81.9. The van der Waals surface area contributed by atoms with Gasteiger partial charge < -0.3 is 35.0 Å². The molecular formula is C106H108N6O17S8. The normalized spacial score (nSPS) is 14.0. The minimum atomic E-state index is -3.75. The van der Waals surface area contributed by atoms with Gasteiger partial charge in [0.25, 0.3) is 0 Å². The Hall–Kier alpha value is -11.8. The molecule has 3 saturated heterocycles. The summed E-state index contributed by atoms with van der Waals surface area (Å²) in [6.07, 6.45) is 2.60. The Bertz CT molecular complexity index is 6620. The number of sulfonamides is 3. The maximum absolute atomic E-state index is 13.1. The summed E-state index contributed by atoms with van der Waals surface area (Å²) in [5.74, 6) is -1.51. The average Bonchev–Trinajstić information content (AvgIpc) is 0.807. The first-order valence-corrected chi connectivity index (χ1v) is 55.1. The summed E-state index contributed by atoms with van der Waals surface area (Å²) in [5, 5.41) is 38.9. The second-order valence-corrected chi connectivity index (χ2v) is 45.0. The number of nitrogens with zero attached hydrogens (tertiary/aromatic N) is 6. The molecule has 0 aliphatic carbocycles. The third-order valence-electron chi connectivity index (χ3n) is 23.0. The van der Waals surface area contributed by atoms with Crippen LogP contribution in [0.2, 0.25) is 0 Å². The number of benzene rings is 13. The van der Waals surface area contributed by atoms with Gasteiger partial charge in [0, 0.05) is 139 Å².